The fourth-order valence-corrected chi connectivity index (χ4v) is 2.52. The van der Waals surface area contributed by atoms with Gasteiger partial charge in [0.1, 0.15) is 12.0 Å². The summed E-state index contributed by atoms with van der Waals surface area (Å²) in [5.41, 5.74) is 7.30. The molecule has 0 fully saturated rings. The first kappa shape index (κ1) is 19.5. The van der Waals surface area contributed by atoms with Gasteiger partial charge in [0.2, 0.25) is 0 Å². The van der Waals surface area contributed by atoms with Crippen LogP contribution in [0.3, 0.4) is 0 Å². The normalized spacial score (nSPS) is 10.7. The average Bonchev–Trinajstić information content (AvgIpc) is 2.60. The molecule has 0 bridgehead atoms. The van der Waals surface area contributed by atoms with E-state index < -0.39 is 0 Å². The zero-order valence-corrected chi connectivity index (χ0v) is 15.6. The molecular weight excluding hydrogens is 365 g/mol. The van der Waals surface area contributed by atoms with Crippen molar-refractivity contribution in [2.24, 2.45) is 0 Å². The fraction of sp³-hybridized carbons (Fsp3) is 0.375. The van der Waals surface area contributed by atoms with E-state index in [0.717, 1.165) is 0 Å². The predicted molar refractivity (Wildman–Crippen MR) is 102 cm³/mol. The molecule has 0 saturated carbocycles. The third-order valence-corrected chi connectivity index (χ3v) is 4.04. The van der Waals surface area contributed by atoms with Crippen molar-refractivity contribution >= 4 is 46.2 Å². The Morgan fingerprint density at radius 3 is 2.44 bits per heavy atom. The minimum atomic E-state index is 0.408. The van der Waals surface area contributed by atoms with Gasteiger partial charge in [-0.2, -0.15) is 0 Å². The van der Waals surface area contributed by atoms with Gasteiger partial charge in [-0.3, -0.25) is 0 Å². The van der Waals surface area contributed by atoms with E-state index in [4.69, 9.17) is 38.4 Å². The highest BCUT2D eigenvalue weighted by Gasteiger charge is 2.16. The minimum absolute atomic E-state index is 0.408. The SMILES string of the molecule is COCCN(CCOC)c1ncnc(Nc2cc(Cl)ccc2Cl)c1N. The van der Waals surface area contributed by atoms with Gasteiger partial charge in [-0.05, 0) is 18.2 Å². The molecule has 9 heteroatoms. The van der Waals surface area contributed by atoms with Crippen LogP contribution in [-0.2, 0) is 9.47 Å². The number of nitrogens with two attached hydrogens (primary N) is 1. The van der Waals surface area contributed by atoms with Crippen LogP contribution in [0.5, 0.6) is 0 Å². The van der Waals surface area contributed by atoms with Crippen LogP contribution in [0.15, 0.2) is 24.5 Å². The highest BCUT2D eigenvalue weighted by molar-refractivity contribution is 6.35. The van der Waals surface area contributed by atoms with E-state index in [-0.39, 0.29) is 0 Å². The van der Waals surface area contributed by atoms with Gasteiger partial charge in [-0.25, -0.2) is 9.97 Å². The van der Waals surface area contributed by atoms with Crippen molar-refractivity contribution in [1.29, 1.82) is 0 Å². The Morgan fingerprint density at radius 1 is 1.12 bits per heavy atom. The molecule has 0 aliphatic heterocycles. The molecule has 25 heavy (non-hydrogen) atoms. The molecule has 0 saturated heterocycles. The number of aromatic nitrogens is 2. The van der Waals surface area contributed by atoms with Gasteiger partial charge in [0, 0.05) is 32.3 Å². The van der Waals surface area contributed by atoms with Crippen LogP contribution in [0, 0.1) is 0 Å². The van der Waals surface area contributed by atoms with Gasteiger partial charge in [0.25, 0.3) is 0 Å². The van der Waals surface area contributed by atoms with Crippen molar-refractivity contribution in [3.63, 3.8) is 0 Å². The molecule has 1 aromatic heterocycles. The summed E-state index contributed by atoms with van der Waals surface area (Å²) in [6, 6.07) is 5.12. The number of rotatable bonds is 9. The summed E-state index contributed by atoms with van der Waals surface area (Å²) in [4.78, 5) is 10.5. The Kier molecular flexibility index (Phi) is 7.52. The monoisotopic (exact) mass is 385 g/mol. The van der Waals surface area contributed by atoms with Crippen LogP contribution in [0.4, 0.5) is 23.0 Å². The van der Waals surface area contributed by atoms with Crippen molar-refractivity contribution in [3.05, 3.63) is 34.6 Å². The molecule has 1 heterocycles. The van der Waals surface area contributed by atoms with Crippen molar-refractivity contribution in [2.45, 2.75) is 0 Å². The largest absolute Gasteiger partial charge is 0.393 e. The fourth-order valence-electron chi connectivity index (χ4n) is 2.19. The van der Waals surface area contributed by atoms with Crippen molar-refractivity contribution in [1.82, 2.24) is 9.97 Å². The number of halogens is 2. The Hall–Kier alpha value is -1.80. The predicted octanol–water partition coefficient (Wildman–Crippen LogP) is 3.21. The van der Waals surface area contributed by atoms with E-state index >= 15 is 0 Å². The van der Waals surface area contributed by atoms with Crippen molar-refractivity contribution < 1.29 is 9.47 Å². The Balaban J connectivity index is 2.29. The molecule has 1 aromatic carbocycles. The lowest BCUT2D eigenvalue weighted by Gasteiger charge is -2.25. The van der Waals surface area contributed by atoms with Crippen LogP contribution in [-0.4, -0.2) is 50.5 Å². The minimum Gasteiger partial charge on any atom is -0.393 e. The maximum atomic E-state index is 6.28. The second kappa shape index (κ2) is 9.62. The number of anilines is 4. The number of nitrogen functional groups attached to an aromatic ring is 1. The quantitative estimate of drug-likeness (QED) is 0.685. The zero-order chi connectivity index (χ0) is 18.2. The maximum absolute atomic E-state index is 6.28. The van der Waals surface area contributed by atoms with E-state index in [9.17, 15) is 0 Å². The summed E-state index contributed by atoms with van der Waals surface area (Å²) in [6.07, 6.45) is 1.44. The van der Waals surface area contributed by atoms with Crippen LogP contribution in [0.1, 0.15) is 0 Å². The molecular formula is C16H21Cl2N5O2. The molecule has 0 aliphatic rings. The van der Waals surface area contributed by atoms with Gasteiger partial charge >= 0.3 is 0 Å². The topological polar surface area (TPSA) is 85.5 Å². The molecule has 7 nitrogen and oxygen atoms in total. The molecule has 3 N–H and O–H groups in total. The van der Waals surface area contributed by atoms with Gasteiger partial charge < -0.3 is 25.4 Å². The molecule has 0 unspecified atom stereocenters. The summed E-state index contributed by atoms with van der Waals surface area (Å²) in [6.45, 7) is 2.32. The number of ether oxygens (including phenoxy) is 2. The molecule has 0 radical (unpaired) electrons. The first-order valence-electron chi connectivity index (χ1n) is 7.62. The van der Waals surface area contributed by atoms with E-state index in [0.29, 0.717) is 59.4 Å². The summed E-state index contributed by atoms with van der Waals surface area (Å²) >= 11 is 12.2. The number of hydrogen-bond acceptors (Lipinski definition) is 7. The van der Waals surface area contributed by atoms with Crippen LogP contribution >= 0.6 is 23.2 Å². The second-order valence-corrected chi connectivity index (χ2v) is 6.03. The van der Waals surface area contributed by atoms with E-state index in [1.165, 1.54) is 6.33 Å². The first-order chi connectivity index (χ1) is 12.1. The number of methoxy groups -OCH3 is 2. The summed E-state index contributed by atoms with van der Waals surface area (Å²) in [5.74, 6) is 1.05. The molecule has 0 aliphatic carbocycles. The smallest absolute Gasteiger partial charge is 0.159 e. The van der Waals surface area contributed by atoms with E-state index in [1.807, 2.05) is 4.90 Å². The highest BCUT2D eigenvalue weighted by Crippen LogP contribution is 2.32. The summed E-state index contributed by atoms with van der Waals surface area (Å²) in [5, 5.41) is 4.18. The lowest BCUT2D eigenvalue weighted by molar-refractivity contribution is 0.190. The molecule has 2 rings (SSSR count). The molecule has 0 spiro atoms. The molecule has 2 aromatic rings. The number of nitrogens with zero attached hydrogens (tertiary/aromatic N) is 3. The average molecular weight is 386 g/mol. The maximum Gasteiger partial charge on any atom is 0.159 e. The van der Waals surface area contributed by atoms with Crippen LogP contribution in [0.2, 0.25) is 10.0 Å². The third kappa shape index (κ3) is 5.34. The number of nitrogens with one attached hydrogen (secondary N) is 1. The standard InChI is InChI=1S/C16H21Cl2N5O2/c1-24-7-5-23(6-8-25-2)16-14(19)15(20-10-21-16)22-13-9-11(17)3-4-12(13)18/h3-4,9-10H,5-8,19H2,1-2H3,(H,20,21,22). The first-order valence-corrected chi connectivity index (χ1v) is 8.37. The van der Waals surface area contributed by atoms with Gasteiger partial charge in [-0.15, -0.1) is 0 Å². The Bertz CT molecular complexity index is 694. The Morgan fingerprint density at radius 2 is 1.80 bits per heavy atom. The lowest BCUT2D eigenvalue weighted by Crippen LogP contribution is -2.32. The Labute approximate surface area is 157 Å². The highest BCUT2D eigenvalue weighted by atomic mass is 35.5. The van der Waals surface area contributed by atoms with Crippen LogP contribution in [0.25, 0.3) is 0 Å². The van der Waals surface area contributed by atoms with Crippen molar-refractivity contribution in [3.8, 4) is 0 Å². The van der Waals surface area contributed by atoms with Crippen LogP contribution < -0.4 is 16.0 Å². The molecule has 0 amide bonds. The summed E-state index contributed by atoms with van der Waals surface area (Å²) in [7, 11) is 3.29. The number of hydrogen-bond donors (Lipinski definition) is 2. The molecule has 136 valence electrons. The van der Waals surface area contributed by atoms with E-state index in [1.54, 1.807) is 32.4 Å². The number of benzene rings is 1. The van der Waals surface area contributed by atoms with E-state index in [2.05, 4.69) is 15.3 Å². The second-order valence-electron chi connectivity index (χ2n) is 5.18. The van der Waals surface area contributed by atoms with Gasteiger partial charge in [-0.1, -0.05) is 23.2 Å². The zero-order valence-electron chi connectivity index (χ0n) is 14.1. The summed E-state index contributed by atoms with van der Waals surface area (Å²) < 4.78 is 10.3. The van der Waals surface area contributed by atoms with Crippen molar-refractivity contribution in [2.75, 3.05) is 56.5 Å². The lowest BCUT2D eigenvalue weighted by atomic mass is 10.3. The molecule has 0 atom stereocenters. The van der Waals surface area contributed by atoms with Gasteiger partial charge in [0.15, 0.2) is 11.6 Å². The van der Waals surface area contributed by atoms with Gasteiger partial charge in [0.05, 0.1) is 23.9 Å². The third-order valence-electron chi connectivity index (χ3n) is 3.47.